The van der Waals surface area contributed by atoms with Gasteiger partial charge in [-0.25, -0.2) is 0 Å². The SMILES string of the molecule is Fc1ccc[c]([Bi]([c]2cccc(F)c2)[C](F)(F)F)c1. The predicted octanol–water partition coefficient (Wildman–Crippen LogP) is 2.68. The molecule has 0 heterocycles. The van der Waals surface area contributed by atoms with Gasteiger partial charge >= 0.3 is 114 Å². The van der Waals surface area contributed by atoms with Crippen molar-refractivity contribution in [2.45, 2.75) is 3.88 Å². The van der Waals surface area contributed by atoms with Crippen LogP contribution in [0.2, 0.25) is 0 Å². The van der Waals surface area contributed by atoms with Gasteiger partial charge in [-0.3, -0.25) is 0 Å². The van der Waals surface area contributed by atoms with Crippen LogP contribution in [0.3, 0.4) is 0 Å². The van der Waals surface area contributed by atoms with Crippen LogP contribution in [0.1, 0.15) is 0 Å². The summed E-state index contributed by atoms with van der Waals surface area (Å²) in [6.07, 6.45) is 0. The number of hydrogen-bond donors (Lipinski definition) is 0. The Hall–Kier alpha value is -1.03. The van der Waals surface area contributed by atoms with Gasteiger partial charge in [-0.15, -0.1) is 0 Å². The van der Waals surface area contributed by atoms with E-state index in [1.165, 1.54) is 24.3 Å². The third-order valence-corrected chi connectivity index (χ3v) is 10.5. The molecule has 0 bridgehead atoms. The summed E-state index contributed by atoms with van der Waals surface area (Å²) in [6.45, 7) is 0. The van der Waals surface area contributed by atoms with Gasteiger partial charge in [-0.05, 0) is 0 Å². The summed E-state index contributed by atoms with van der Waals surface area (Å²) in [7, 11) is 0. The zero-order valence-electron chi connectivity index (χ0n) is 9.46. The topological polar surface area (TPSA) is 0 Å². The van der Waals surface area contributed by atoms with Gasteiger partial charge in [0.15, 0.2) is 0 Å². The van der Waals surface area contributed by atoms with Gasteiger partial charge in [-0.1, -0.05) is 0 Å². The summed E-state index contributed by atoms with van der Waals surface area (Å²) < 4.78 is 61.3. The van der Waals surface area contributed by atoms with Crippen molar-refractivity contribution in [3.63, 3.8) is 0 Å². The zero-order valence-corrected chi connectivity index (χ0v) is 12.9. The first-order chi connectivity index (χ1) is 8.88. The summed E-state index contributed by atoms with van der Waals surface area (Å²) in [5.41, 5.74) is 0. The maximum atomic E-state index is 13.2. The van der Waals surface area contributed by atoms with Gasteiger partial charge in [0.2, 0.25) is 0 Å². The monoisotopic (exact) mass is 468 g/mol. The molecule has 0 aliphatic heterocycles. The first kappa shape index (κ1) is 14.4. The van der Waals surface area contributed by atoms with Gasteiger partial charge in [0.25, 0.3) is 0 Å². The number of halogens is 5. The molecule has 0 aliphatic carbocycles. The van der Waals surface area contributed by atoms with Crippen molar-refractivity contribution in [1.29, 1.82) is 0 Å². The van der Waals surface area contributed by atoms with E-state index in [1.54, 1.807) is 0 Å². The van der Waals surface area contributed by atoms with Crippen molar-refractivity contribution in [2.24, 2.45) is 0 Å². The Morgan fingerprint density at radius 2 is 1.16 bits per heavy atom. The minimum atomic E-state index is -4.44. The van der Waals surface area contributed by atoms with Gasteiger partial charge in [0.1, 0.15) is 0 Å². The summed E-state index contributed by atoms with van der Waals surface area (Å²) in [5, 5.41) is 0. The molecule has 0 aromatic heterocycles. The number of alkyl halides is 3. The summed E-state index contributed by atoms with van der Waals surface area (Å²) in [4.78, 5) is 0. The maximum absolute atomic E-state index is 13.2. The first-order valence-corrected chi connectivity index (χ1v) is 10.5. The van der Waals surface area contributed by atoms with E-state index in [-0.39, 0.29) is 6.54 Å². The third kappa shape index (κ3) is 3.50. The molecular weight excluding hydrogens is 460 g/mol. The molecule has 19 heavy (non-hydrogen) atoms. The molecule has 100 valence electrons. The molecule has 0 aliphatic rings. The van der Waals surface area contributed by atoms with E-state index in [1.807, 2.05) is 0 Å². The summed E-state index contributed by atoms with van der Waals surface area (Å²) in [6, 6.07) is 9.00. The molecule has 0 spiro atoms. The van der Waals surface area contributed by atoms with Crippen LogP contribution in [-0.4, -0.2) is 25.6 Å². The fourth-order valence-corrected chi connectivity index (χ4v) is 8.90. The summed E-state index contributed by atoms with van der Waals surface area (Å²) >= 11 is -4.44. The third-order valence-electron chi connectivity index (χ3n) is 2.39. The van der Waals surface area contributed by atoms with Crippen molar-refractivity contribution in [3.05, 3.63) is 60.2 Å². The number of benzene rings is 2. The molecule has 0 saturated carbocycles. The molecule has 0 saturated heterocycles. The Labute approximate surface area is 114 Å². The van der Waals surface area contributed by atoms with Crippen LogP contribution in [0.5, 0.6) is 0 Å². The second-order valence-corrected chi connectivity index (χ2v) is 12.4. The van der Waals surface area contributed by atoms with Crippen molar-refractivity contribution < 1.29 is 22.0 Å². The second kappa shape index (κ2) is 5.53. The number of hydrogen-bond acceptors (Lipinski definition) is 0. The quantitative estimate of drug-likeness (QED) is 0.470. The van der Waals surface area contributed by atoms with Crippen molar-refractivity contribution >= 4 is 28.3 Å². The van der Waals surface area contributed by atoms with E-state index in [2.05, 4.69) is 0 Å². The van der Waals surface area contributed by atoms with Gasteiger partial charge in [0.05, 0.1) is 0 Å². The van der Waals surface area contributed by atoms with Crippen LogP contribution in [0, 0.1) is 11.6 Å². The van der Waals surface area contributed by atoms with Crippen LogP contribution < -0.4 is 6.54 Å². The van der Waals surface area contributed by atoms with Crippen LogP contribution in [-0.2, 0) is 0 Å². The van der Waals surface area contributed by atoms with E-state index >= 15 is 0 Å². The molecule has 2 aromatic carbocycles. The Kier molecular flexibility index (Phi) is 4.19. The molecule has 0 atom stereocenters. The normalized spacial score (nSPS) is 11.9. The van der Waals surface area contributed by atoms with Crippen LogP contribution in [0.25, 0.3) is 0 Å². The van der Waals surface area contributed by atoms with E-state index < -0.39 is 37.3 Å². The average molecular weight is 468 g/mol. The van der Waals surface area contributed by atoms with Gasteiger partial charge < -0.3 is 0 Å². The predicted molar refractivity (Wildman–Crippen MR) is 63.9 cm³/mol. The zero-order chi connectivity index (χ0) is 14.0. The van der Waals surface area contributed by atoms with Crippen molar-refractivity contribution in [2.75, 3.05) is 0 Å². The van der Waals surface area contributed by atoms with Crippen LogP contribution >= 0.6 is 0 Å². The molecule has 0 radical (unpaired) electrons. The standard InChI is InChI=1S/2C6H4F.CF3.Bi/c2*7-6-4-2-1-3-5-6;2-1(3)4;/h2*1-2,4-5H;;. The van der Waals surface area contributed by atoms with E-state index in [0.717, 1.165) is 24.3 Å². The molecule has 2 aromatic rings. The van der Waals surface area contributed by atoms with Crippen molar-refractivity contribution in [3.8, 4) is 0 Å². The second-order valence-electron chi connectivity index (χ2n) is 3.76. The molecule has 0 nitrogen and oxygen atoms in total. The van der Waals surface area contributed by atoms with E-state index in [9.17, 15) is 22.0 Å². The van der Waals surface area contributed by atoms with E-state index in [4.69, 9.17) is 0 Å². The fraction of sp³-hybridized carbons (Fsp3) is 0.0769. The van der Waals surface area contributed by atoms with Crippen LogP contribution in [0.15, 0.2) is 48.5 Å². The molecule has 0 amide bonds. The Morgan fingerprint density at radius 1 is 0.737 bits per heavy atom. The fourth-order valence-electron chi connectivity index (χ4n) is 1.67. The Bertz CT molecular complexity index is 534. The van der Waals surface area contributed by atoms with Gasteiger partial charge in [-0.2, -0.15) is 0 Å². The minimum absolute atomic E-state index is 0.0481. The van der Waals surface area contributed by atoms with Crippen molar-refractivity contribution in [1.82, 2.24) is 0 Å². The summed E-state index contributed by atoms with van der Waals surface area (Å²) in [5.74, 6) is -1.42. The van der Waals surface area contributed by atoms with E-state index in [0.29, 0.717) is 0 Å². The Balaban J connectivity index is 2.54. The van der Waals surface area contributed by atoms with Crippen LogP contribution in [0.4, 0.5) is 22.0 Å². The molecule has 2 rings (SSSR count). The molecule has 0 unspecified atom stereocenters. The molecule has 0 N–H and O–H groups in total. The number of rotatable bonds is 2. The molecular formula is C13H8BiF5. The Morgan fingerprint density at radius 3 is 1.47 bits per heavy atom. The molecule has 6 heteroatoms. The molecule has 0 fully saturated rings. The average Bonchev–Trinajstić information content (AvgIpc) is 2.27. The first-order valence-electron chi connectivity index (χ1n) is 5.26. The van der Waals surface area contributed by atoms with Gasteiger partial charge in [0, 0.05) is 0 Å².